The third kappa shape index (κ3) is 2.55. The van der Waals surface area contributed by atoms with Gasteiger partial charge in [-0.25, -0.2) is 0 Å². The van der Waals surface area contributed by atoms with Crippen molar-refractivity contribution >= 4 is 11.8 Å². The van der Waals surface area contributed by atoms with Gasteiger partial charge in [0.05, 0.1) is 5.60 Å². The third-order valence-corrected chi connectivity index (χ3v) is 5.34. The fourth-order valence-electron chi connectivity index (χ4n) is 4.02. The molecule has 1 aliphatic carbocycles. The van der Waals surface area contributed by atoms with Crippen LogP contribution in [0.25, 0.3) is 0 Å². The Bertz CT molecular complexity index is 412. The Morgan fingerprint density at radius 1 is 1.30 bits per heavy atom. The highest BCUT2D eigenvalue weighted by molar-refractivity contribution is 5.87. The first-order valence-corrected chi connectivity index (χ1v) is 7.86. The second-order valence-corrected chi connectivity index (χ2v) is 6.62. The SMILES string of the molecule is O=C1CC(C(=O)N2CCC3(O)CCCCC3C2)CCN1. The largest absolute Gasteiger partial charge is 0.389 e. The summed E-state index contributed by atoms with van der Waals surface area (Å²) in [6.45, 7) is 1.92. The van der Waals surface area contributed by atoms with Crippen molar-refractivity contribution in [3.8, 4) is 0 Å². The van der Waals surface area contributed by atoms with E-state index < -0.39 is 5.60 Å². The number of rotatable bonds is 1. The van der Waals surface area contributed by atoms with Crippen LogP contribution in [0.5, 0.6) is 0 Å². The summed E-state index contributed by atoms with van der Waals surface area (Å²) >= 11 is 0. The molecule has 3 atom stereocenters. The number of aliphatic hydroxyl groups is 1. The van der Waals surface area contributed by atoms with E-state index in [0.29, 0.717) is 32.5 Å². The molecule has 0 spiro atoms. The lowest BCUT2D eigenvalue weighted by atomic mass is 9.71. The van der Waals surface area contributed by atoms with E-state index in [1.165, 1.54) is 0 Å². The molecule has 2 saturated heterocycles. The molecule has 2 amide bonds. The average molecular weight is 280 g/mol. The van der Waals surface area contributed by atoms with Crippen LogP contribution in [0.15, 0.2) is 0 Å². The molecule has 0 radical (unpaired) electrons. The number of carbonyl (C=O) groups is 2. The Morgan fingerprint density at radius 3 is 2.95 bits per heavy atom. The van der Waals surface area contributed by atoms with Crippen molar-refractivity contribution in [3.63, 3.8) is 0 Å². The van der Waals surface area contributed by atoms with Crippen LogP contribution in [-0.2, 0) is 9.59 Å². The number of piperidine rings is 2. The van der Waals surface area contributed by atoms with Crippen LogP contribution in [0.1, 0.15) is 44.9 Å². The zero-order valence-corrected chi connectivity index (χ0v) is 11.9. The van der Waals surface area contributed by atoms with Crippen molar-refractivity contribution in [2.45, 2.75) is 50.5 Å². The quantitative estimate of drug-likeness (QED) is 0.741. The van der Waals surface area contributed by atoms with Gasteiger partial charge in [0.25, 0.3) is 0 Å². The molecule has 3 fully saturated rings. The van der Waals surface area contributed by atoms with Crippen LogP contribution < -0.4 is 5.32 Å². The van der Waals surface area contributed by atoms with Crippen LogP contribution in [0.4, 0.5) is 0 Å². The van der Waals surface area contributed by atoms with Crippen molar-refractivity contribution in [2.75, 3.05) is 19.6 Å². The number of fused-ring (bicyclic) bond motifs is 1. The van der Waals surface area contributed by atoms with Crippen molar-refractivity contribution in [3.05, 3.63) is 0 Å². The molecule has 5 heteroatoms. The molecule has 3 unspecified atom stereocenters. The van der Waals surface area contributed by atoms with E-state index in [9.17, 15) is 14.7 Å². The number of hydrogen-bond donors (Lipinski definition) is 2. The summed E-state index contributed by atoms with van der Waals surface area (Å²) in [6.07, 6.45) is 5.92. The summed E-state index contributed by atoms with van der Waals surface area (Å²) in [5.41, 5.74) is -0.543. The van der Waals surface area contributed by atoms with Crippen LogP contribution in [0, 0.1) is 11.8 Å². The van der Waals surface area contributed by atoms with E-state index in [2.05, 4.69) is 5.32 Å². The van der Waals surface area contributed by atoms with Crippen LogP contribution in [0.3, 0.4) is 0 Å². The monoisotopic (exact) mass is 280 g/mol. The van der Waals surface area contributed by atoms with E-state index in [4.69, 9.17) is 0 Å². The molecular formula is C15H24N2O3. The summed E-state index contributed by atoms with van der Waals surface area (Å²) in [5, 5.41) is 13.4. The second-order valence-electron chi connectivity index (χ2n) is 6.62. The fourth-order valence-corrected chi connectivity index (χ4v) is 4.02. The highest BCUT2D eigenvalue weighted by atomic mass is 16.3. The smallest absolute Gasteiger partial charge is 0.226 e. The molecule has 2 heterocycles. The Kier molecular flexibility index (Phi) is 3.71. The minimum Gasteiger partial charge on any atom is -0.389 e. The van der Waals surface area contributed by atoms with Gasteiger partial charge in [-0.2, -0.15) is 0 Å². The van der Waals surface area contributed by atoms with Crippen LogP contribution in [0.2, 0.25) is 0 Å². The summed E-state index contributed by atoms with van der Waals surface area (Å²) in [5.74, 6) is 0.179. The summed E-state index contributed by atoms with van der Waals surface area (Å²) in [4.78, 5) is 25.9. The maximum absolute atomic E-state index is 12.5. The third-order valence-electron chi connectivity index (χ3n) is 5.34. The number of amides is 2. The molecule has 1 saturated carbocycles. The molecule has 3 rings (SSSR count). The molecule has 0 bridgehead atoms. The number of hydrogen-bond acceptors (Lipinski definition) is 3. The van der Waals surface area contributed by atoms with Gasteiger partial charge in [0.1, 0.15) is 0 Å². The molecule has 0 aromatic rings. The first kappa shape index (κ1) is 13.9. The van der Waals surface area contributed by atoms with Gasteiger partial charge in [0, 0.05) is 37.9 Å². The highest BCUT2D eigenvalue weighted by Gasteiger charge is 2.44. The van der Waals surface area contributed by atoms with Crippen LogP contribution in [-0.4, -0.2) is 47.1 Å². The van der Waals surface area contributed by atoms with E-state index in [-0.39, 0.29) is 23.7 Å². The molecule has 2 N–H and O–H groups in total. The first-order valence-electron chi connectivity index (χ1n) is 7.86. The number of nitrogens with zero attached hydrogens (tertiary/aromatic N) is 1. The molecule has 0 aromatic carbocycles. The van der Waals surface area contributed by atoms with Gasteiger partial charge >= 0.3 is 0 Å². The predicted molar refractivity (Wildman–Crippen MR) is 73.8 cm³/mol. The lowest BCUT2D eigenvalue weighted by Crippen LogP contribution is -2.56. The Labute approximate surface area is 119 Å². The maximum atomic E-state index is 12.5. The Balaban J connectivity index is 1.63. The second kappa shape index (κ2) is 5.35. The van der Waals surface area contributed by atoms with Crippen molar-refractivity contribution in [1.29, 1.82) is 0 Å². The first-order chi connectivity index (χ1) is 9.58. The van der Waals surface area contributed by atoms with Gasteiger partial charge in [-0.15, -0.1) is 0 Å². The lowest BCUT2D eigenvalue weighted by Gasteiger charge is -2.48. The van der Waals surface area contributed by atoms with Gasteiger partial charge in [-0.3, -0.25) is 9.59 Å². The van der Waals surface area contributed by atoms with Gasteiger partial charge in [-0.1, -0.05) is 12.8 Å². The van der Waals surface area contributed by atoms with Gasteiger partial charge in [-0.05, 0) is 25.7 Å². The van der Waals surface area contributed by atoms with Crippen molar-refractivity contribution < 1.29 is 14.7 Å². The highest BCUT2D eigenvalue weighted by Crippen LogP contribution is 2.40. The summed E-state index contributed by atoms with van der Waals surface area (Å²) in [6, 6.07) is 0. The minimum atomic E-state index is -0.543. The summed E-state index contributed by atoms with van der Waals surface area (Å²) in [7, 11) is 0. The number of carbonyl (C=O) groups excluding carboxylic acids is 2. The number of likely N-dealkylation sites (tertiary alicyclic amines) is 1. The van der Waals surface area contributed by atoms with Gasteiger partial charge in [0.2, 0.25) is 11.8 Å². The van der Waals surface area contributed by atoms with Gasteiger partial charge in [0.15, 0.2) is 0 Å². The van der Waals surface area contributed by atoms with Crippen molar-refractivity contribution in [1.82, 2.24) is 10.2 Å². The van der Waals surface area contributed by atoms with Crippen LogP contribution >= 0.6 is 0 Å². The maximum Gasteiger partial charge on any atom is 0.226 e. The molecule has 20 heavy (non-hydrogen) atoms. The molecule has 112 valence electrons. The van der Waals surface area contributed by atoms with E-state index in [1.807, 2.05) is 4.90 Å². The summed E-state index contributed by atoms with van der Waals surface area (Å²) < 4.78 is 0. The molecule has 3 aliphatic rings. The molecule has 2 aliphatic heterocycles. The average Bonchev–Trinajstić information content (AvgIpc) is 2.45. The lowest BCUT2D eigenvalue weighted by molar-refractivity contribution is -0.150. The Hall–Kier alpha value is -1.10. The fraction of sp³-hybridized carbons (Fsp3) is 0.867. The van der Waals surface area contributed by atoms with E-state index in [1.54, 1.807) is 0 Å². The van der Waals surface area contributed by atoms with Gasteiger partial charge < -0.3 is 15.3 Å². The van der Waals surface area contributed by atoms with E-state index >= 15 is 0 Å². The Morgan fingerprint density at radius 2 is 2.15 bits per heavy atom. The molecular weight excluding hydrogens is 256 g/mol. The van der Waals surface area contributed by atoms with Crippen molar-refractivity contribution in [2.24, 2.45) is 11.8 Å². The number of nitrogens with one attached hydrogen (secondary N) is 1. The molecule has 5 nitrogen and oxygen atoms in total. The zero-order valence-electron chi connectivity index (χ0n) is 11.9. The van der Waals surface area contributed by atoms with E-state index in [0.717, 1.165) is 32.1 Å². The predicted octanol–water partition coefficient (Wildman–Crippen LogP) is 0.666. The molecule has 0 aromatic heterocycles. The zero-order chi connectivity index (χ0) is 14.2. The topological polar surface area (TPSA) is 69.6 Å². The minimum absolute atomic E-state index is 0.0132. The normalized spacial score (nSPS) is 38.0. The standard InChI is InChI=1S/C15H24N2O3/c18-13-9-11(4-7-16-13)14(19)17-8-6-15(20)5-2-1-3-12(15)10-17/h11-12,20H,1-10H2,(H,16,18).